The number of hydrogen-bond donors (Lipinski definition) is 6. The maximum absolute atomic E-state index is 10.00. The largest absolute Gasteiger partial charge is 0.493 e. The van der Waals surface area contributed by atoms with Gasteiger partial charge in [0.1, 0.15) is 30.5 Å². The number of ether oxygens (including phenoxy) is 4. The normalized spacial score (nSPS) is 28.2. The number of benzene rings is 1. The minimum absolute atomic E-state index is 0.0858. The van der Waals surface area contributed by atoms with Crippen molar-refractivity contribution < 1.29 is 49.6 Å². The first-order valence-corrected chi connectivity index (χ1v) is 9.42. The molecule has 0 amide bonds. The summed E-state index contributed by atoms with van der Waals surface area (Å²) in [6.45, 7) is -1.09. The summed E-state index contributed by atoms with van der Waals surface area (Å²) in [5.74, 6) is 0.823. The van der Waals surface area contributed by atoms with Crippen LogP contribution < -0.4 is 9.47 Å². The number of aliphatic hydroxyl groups excluding tert-OH is 6. The van der Waals surface area contributed by atoms with E-state index in [1.165, 1.54) is 7.11 Å². The zero-order valence-electron chi connectivity index (χ0n) is 16.3. The van der Waals surface area contributed by atoms with Crippen LogP contribution in [0.1, 0.15) is 12.0 Å². The van der Waals surface area contributed by atoms with Gasteiger partial charge < -0.3 is 49.6 Å². The molecule has 166 valence electrons. The van der Waals surface area contributed by atoms with Gasteiger partial charge in [-0.1, -0.05) is 6.07 Å². The van der Waals surface area contributed by atoms with Crippen molar-refractivity contribution in [3.63, 3.8) is 0 Å². The third-order valence-corrected chi connectivity index (χ3v) is 4.64. The van der Waals surface area contributed by atoms with Crippen LogP contribution in [-0.4, -0.2) is 101 Å². The van der Waals surface area contributed by atoms with Gasteiger partial charge in [0, 0.05) is 6.61 Å². The van der Waals surface area contributed by atoms with Crippen LogP contribution in [-0.2, 0) is 15.9 Å². The van der Waals surface area contributed by atoms with Gasteiger partial charge in [0.15, 0.2) is 17.8 Å². The van der Waals surface area contributed by atoms with E-state index in [0.717, 1.165) is 5.56 Å². The summed E-state index contributed by atoms with van der Waals surface area (Å²) in [6, 6.07) is 5.28. The second-order valence-electron chi connectivity index (χ2n) is 6.77. The van der Waals surface area contributed by atoms with Crippen molar-refractivity contribution >= 4 is 0 Å². The van der Waals surface area contributed by atoms with Crippen molar-refractivity contribution in [3.05, 3.63) is 23.8 Å². The van der Waals surface area contributed by atoms with Gasteiger partial charge in [0.25, 0.3) is 0 Å². The van der Waals surface area contributed by atoms with Crippen LogP contribution in [0.4, 0.5) is 0 Å². The first-order chi connectivity index (χ1) is 13.9. The van der Waals surface area contributed by atoms with Crippen LogP contribution in [0.5, 0.6) is 11.5 Å². The molecule has 1 fully saturated rings. The fourth-order valence-corrected chi connectivity index (χ4v) is 2.96. The highest BCUT2D eigenvalue weighted by Crippen LogP contribution is 2.30. The van der Waals surface area contributed by atoms with Gasteiger partial charge in [-0.05, 0) is 30.5 Å². The van der Waals surface area contributed by atoms with E-state index >= 15 is 0 Å². The zero-order chi connectivity index (χ0) is 21.4. The average Bonchev–Trinajstić information content (AvgIpc) is 2.75. The highest BCUT2D eigenvalue weighted by Gasteiger charge is 2.44. The van der Waals surface area contributed by atoms with Crippen LogP contribution in [0.15, 0.2) is 18.2 Å². The van der Waals surface area contributed by atoms with Crippen molar-refractivity contribution in [2.24, 2.45) is 0 Å². The smallest absolute Gasteiger partial charge is 0.186 e. The molecule has 6 N–H and O–H groups in total. The van der Waals surface area contributed by atoms with E-state index < -0.39 is 50.0 Å². The molecule has 1 aromatic rings. The molecule has 10 nitrogen and oxygen atoms in total. The summed E-state index contributed by atoms with van der Waals surface area (Å²) >= 11 is 0. The van der Waals surface area contributed by atoms with E-state index in [9.17, 15) is 25.5 Å². The monoisotopic (exact) mass is 418 g/mol. The molecule has 2 rings (SSSR count). The van der Waals surface area contributed by atoms with Crippen LogP contribution in [0.2, 0.25) is 0 Å². The number of aryl methyl sites for hydroxylation is 1. The first-order valence-electron chi connectivity index (χ1n) is 9.42. The molecular weight excluding hydrogens is 388 g/mol. The summed E-state index contributed by atoms with van der Waals surface area (Å²) in [5, 5.41) is 57.3. The van der Waals surface area contributed by atoms with Gasteiger partial charge in [-0.2, -0.15) is 0 Å². The van der Waals surface area contributed by atoms with Crippen LogP contribution in [0.3, 0.4) is 0 Å². The Morgan fingerprint density at radius 1 is 1.03 bits per heavy atom. The summed E-state index contributed by atoms with van der Waals surface area (Å²) in [4.78, 5) is 0. The standard InChI is InChI=1S/C19H30O10/c1-26-14-7-11(3-2-6-20)4-5-13(14)28-12(8-21)10-27-19-18(25)17(24)16(23)15(9-22)29-19/h4-5,7,12,15-25H,2-3,6,8-10H2,1H3/t12-,15-,16-,17+,18-,19-/m1/s1. The highest BCUT2D eigenvalue weighted by molar-refractivity contribution is 5.43. The third-order valence-electron chi connectivity index (χ3n) is 4.64. The molecule has 1 aliphatic rings. The lowest BCUT2D eigenvalue weighted by molar-refractivity contribution is -0.304. The van der Waals surface area contributed by atoms with E-state index in [0.29, 0.717) is 24.3 Å². The first kappa shape index (κ1) is 23.8. The van der Waals surface area contributed by atoms with Crippen LogP contribution in [0.25, 0.3) is 0 Å². The van der Waals surface area contributed by atoms with Gasteiger partial charge in [-0.15, -0.1) is 0 Å². The Hall–Kier alpha value is -1.50. The Balaban J connectivity index is 1.98. The van der Waals surface area contributed by atoms with E-state index in [4.69, 9.17) is 24.1 Å². The predicted octanol–water partition coefficient (Wildman–Crippen LogP) is -1.82. The molecular formula is C19H30O10. The maximum Gasteiger partial charge on any atom is 0.186 e. The molecule has 1 heterocycles. The van der Waals surface area contributed by atoms with Crippen molar-refractivity contribution in [3.8, 4) is 11.5 Å². The Kier molecular flexibility index (Phi) is 9.53. The second-order valence-corrected chi connectivity index (χ2v) is 6.77. The molecule has 0 bridgehead atoms. The number of rotatable bonds is 11. The zero-order valence-corrected chi connectivity index (χ0v) is 16.3. The summed E-state index contributed by atoms with van der Waals surface area (Å²) in [6.07, 6.45) is -6.50. The Morgan fingerprint density at radius 3 is 2.41 bits per heavy atom. The molecule has 10 heteroatoms. The molecule has 29 heavy (non-hydrogen) atoms. The molecule has 0 aromatic heterocycles. The molecule has 0 radical (unpaired) electrons. The summed E-state index contributed by atoms with van der Waals surface area (Å²) in [7, 11) is 1.48. The minimum Gasteiger partial charge on any atom is -0.493 e. The van der Waals surface area contributed by atoms with Crippen molar-refractivity contribution in [2.75, 3.05) is 33.5 Å². The Labute approximate surface area is 168 Å². The lowest BCUT2D eigenvalue weighted by Gasteiger charge is -2.39. The Morgan fingerprint density at radius 2 is 1.79 bits per heavy atom. The highest BCUT2D eigenvalue weighted by atomic mass is 16.7. The summed E-state index contributed by atoms with van der Waals surface area (Å²) in [5.41, 5.74) is 0.960. The third kappa shape index (κ3) is 6.24. The molecule has 6 atom stereocenters. The molecule has 0 aliphatic carbocycles. The fourth-order valence-electron chi connectivity index (χ4n) is 2.96. The van der Waals surface area contributed by atoms with Crippen LogP contribution >= 0.6 is 0 Å². The molecule has 0 unspecified atom stereocenters. The minimum atomic E-state index is -1.55. The van der Waals surface area contributed by atoms with Gasteiger partial charge in [-0.25, -0.2) is 0 Å². The maximum atomic E-state index is 10.00. The SMILES string of the molecule is COc1cc(CCCO)ccc1O[C@H](CO)CO[C@@H]1O[C@H](CO)[C@@H](O)[C@H](O)[C@H]1O. The average molecular weight is 418 g/mol. The lowest BCUT2D eigenvalue weighted by atomic mass is 9.99. The van der Waals surface area contributed by atoms with E-state index in [2.05, 4.69) is 0 Å². The summed E-state index contributed by atoms with van der Waals surface area (Å²) < 4.78 is 21.7. The van der Waals surface area contributed by atoms with Gasteiger partial charge in [0.2, 0.25) is 0 Å². The van der Waals surface area contributed by atoms with Gasteiger partial charge in [0.05, 0.1) is 26.9 Å². The molecule has 0 saturated carbocycles. The molecule has 0 spiro atoms. The lowest BCUT2D eigenvalue weighted by Crippen LogP contribution is -2.59. The Bertz CT molecular complexity index is 611. The number of methoxy groups -OCH3 is 1. The molecule has 1 saturated heterocycles. The van der Waals surface area contributed by atoms with Gasteiger partial charge in [-0.3, -0.25) is 0 Å². The molecule has 1 aliphatic heterocycles. The van der Waals surface area contributed by atoms with Crippen molar-refractivity contribution in [2.45, 2.75) is 49.7 Å². The molecule has 1 aromatic carbocycles. The van der Waals surface area contributed by atoms with E-state index in [1.807, 2.05) is 6.07 Å². The number of aliphatic hydroxyl groups is 6. The van der Waals surface area contributed by atoms with E-state index in [-0.39, 0.29) is 13.2 Å². The topological polar surface area (TPSA) is 158 Å². The number of hydrogen-bond acceptors (Lipinski definition) is 10. The predicted molar refractivity (Wildman–Crippen MR) is 99.6 cm³/mol. The second kappa shape index (κ2) is 11.6. The quantitative estimate of drug-likeness (QED) is 0.242. The van der Waals surface area contributed by atoms with E-state index in [1.54, 1.807) is 12.1 Å². The van der Waals surface area contributed by atoms with Gasteiger partial charge >= 0.3 is 0 Å². The van der Waals surface area contributed by atoms with Crippen molar-refractivity contribution in [1.82, 2.24) is 0 Å². The van der Waals surface area contributed by atoms with Crippen molar-refractivity contribution in [1.29, 1.82) is 0 Å². The van der Waals surface area contributed by atoms with Crippen LogP contribution in [0, 0.1) is 0 Å². The fraction of sp³-hybridized carbons (Fsp3) is 0.684.